The van der Waals surface area contributed by atoms with Crippen LogP contribution in [-0.4, -0.2) is 34.4 Å². The number of carbonyl (C=O) groups is 3. The van der Waals surface area contributed by atoms with E-state index in [0.29, 0.717) is 6.29 Å². The van der Waals surface area contributed by atoms with Gasteiger partial charge in [0.2, 0.25) is 0 Å². The van der Waals surface area contributed by atoms with Gasteiger partial charge in [-0.3, -0.25) is 4.98 Å². The molecule has 2 rings (SSSR count). The van der Waals surface area contributed by atoms with Crippen LogP contribution in [0.3, 0.4) is 0 Å². The molecule has 6 heteroatoms. The van der Waals surface area contributed by atoms with Gasteiger partial charge in [0.15, 0.2) is 6.10 Å². The van der Waals surface area contributed by atoms with Gasteiger partial charge < -0.3 is 14.6 Å². The molecule has 2 unspecified atom stereocenters. The maximum atomic E-state index is 12.0. The number of benzene rings is 1. The van der Waals surface area contributed by atoms with Crippen molar-refractivity contribution in [3.05, 3.63) is 65.5 Å². The summed E-state index contributed by atoms with van der Waals surface area (Å²) >= 11 is 0. The second-order valence-corrected chi connectivity index (χ2v) is 5.31. The lowest BCUT2D eigenvalue weighted by Crippen LogP contribution is -2.29. The van der Waals surface area contributed by atoms with Crippen LogP contribution in [0.25, 0.3) is 0 Å². The third kappa shape index (κ3) is 4.25. The van der Waals surface area contributed by atoms with Gasteiger partial charge in [-0.1, -0.05) is 24.3 Å². The van der Waals surface area contributed by atoms with Gasteiger partial charge in [-0.2, -0.15) is 0 Å². The number of pyridine rings is 1. The van der Waals surface area contributed by atoms with Crippen LogP contribution in [0, 0.1) is 6.92 Å². The Balaban J connectivity index is 2.16. The van der Waals surface area contributed by atoms with E-state index >= 15 is 0 Å². The minimum absolute atomic E-state index is 0.129. The minimum Gasteiger partial charge on any atom is -0.479 e. The Kier molecular flexibility index (Phi) is 5.78. The van der Waals surface area contributed by atoms with Crippen LogP contribution >= 0.6 is 0 Å². The Labute approximate surface area is 139 Å². The molecule has 2 aromatic rings. The predicted octanol–water partition coefficient (Wildman–Crippen LogP) is 2.37. The lowest BCUT2D eigenvalue weighted by atomic mass is 9.91. The number of carboxylic acids is 1. The normalized spacial score (nSPS) is 12.9. The molecule has 0 fully saturated rings. The fraction of sp³-hybridized carbons (Fsp3) is 0.222. The topological polar surface area (TPSA) is 93.6 Å². The van der Waals surface area contributed by atoms with E-state index in [1.807, 2.05) is 19.1 Å². The fourth-order valence-electron chi connectivity index (χ4n) is 2.37. The predicted molar refractivity (Wildman–Crippen MR) is 85.7 cm³/mol. The maximum Gasteiger partial charge on any atom is 0.345 e. The Morgan fingerprint density at radius 2 is 2.00 bits per heavy atom. The van der Waals surface area contributed by atoms with Crippen LogP contribution < -0.4 is 0 Å². The first-order chi connectivity index (χ1) is 11.5. The zero-order valence-electron chi connectivity index (χ0n) is 13.1. The number of aliphatic carboxylic acids is 1. The summed E-state index contributed by atoms with van der Waals surface area (Å²) in [5, 5.41) is 9.32. The van der Waals surface area contributed by atoms with Gasteiger partial charge in [0, 0.05) is 24.7 Å². The quantitative estimate of drug-likeness (QED) is 0.620. The zero-order valence-corrected chi connectivity index (χ0v) is 13.1. The standard InChI is InChI=1S/C18H17NO5/c1-12-5-2-3-7-15(12)14(11-20)9-16(17(21)22)24-18(23)13-6-4-8-19-10-13/h2-8,10-11,14,16H,9H2,1H3,(H,21,22). The monoisotopic (exact) mass is 327 g/mol. The van der Waals surface area contributed by atoms with Crippen molar-refractivity contribution in [1.82, 2.24) is 4.98 Å². The number of carboxylic acid groups (broad SMARTS) is 1. The molecule has 0 saturated heterocycles. The van der Waals surface area contributed by atoms with Crippen molar-refractivity contribution in [2.24, 2.45) is 0 Å². The van der Waals surface area contributed by atoms with Crippen molar-refractivity contribution in [2.45, 2.75) is 25.4 Å². The zero-order chi connectivity index (χ0) is 17.5. The van der Waals surface area contributed by atoms with Gasteiger partial charge in [-0.15, -0.1) is 0 Å². The SMILES string of the molecule is Cc1ccccc1C(C=O)CC(OC(=O)c1cccnc1)C(=O)O. The second-order valence-electron chi connectivity index (χ2n) is 5.31. The molecule has 124 valence electrons. The largest absolute Gasteiger partial charge is 0.479 e. The average Bonchev–Trinajstić information content (AvgIpc) is 2.59. The highest BCUT2D eigenvalue weighted by molar-refractivity contribution is 5.91. The minimum atomic E-state index is -1.42. The van der Waals surface area contributed by atoms with Crippen LogP contribution in [0.5, 0.6) is 0 Å². The number of hydrogen-bond donors (Lipinski definition) is 1. The number of nitrogens with zero attached hydrogens (tertiary/aromatic N) is 1. The number of carbonyl (C=O) groups excluding carboxylic acids is 2. The molecular weight excluding hydrogens is 310 g/mol. The van der Waals surface area contributed by atoms with E-state index in [1.165, 1.54) is 18.5 Å². The molecule has 1 heterocycles. The Hall–Kier alpha value is -3.02. The molecule has 1 N–H and O–H groups in total. The van der Waals surface area contributed by atoms with Crippen molar-refractivity contribution in [2.75, 3.05) is 0 Å². The fourth-order valence-corrected chi connectivity index (χ4v) is 2.37. The van der Waals surface area contributed by atoms with Gasteiger partial charge in [-0.25, -0.2) is 9.59 Å². The van der Waals surface area contributed by atoms with Crippen LogP contribution in [0.4, 0.5) is 0 Å². The van der Waals surface area contributed by atoms with Crippen molar-refractivity contribution >= 4 is 18.2 Å². The maximum absolute atomic E-state index is 12.0. The second kappa shape index (κ2) is 8.01. The number of hydrogen-bond acceptors (Lipinski definition) is 5. The van der Waals surface area contributed by atoms with Crippen LogP contribution in [0.2, 0.25) is 0 Å². The third-order valence-electron chi connectivity index (χ3n) is 3.64. The number of aryl methyl sites for hydroxylation is 1. The summed E-state index contributed by atoms with van der Waals surface area (Å²) in [4.78, 5) is 38.7. The number of rotatable bonds is 7. The highest BCUT2D eigenvalue weighted by Crippen LogP contribution is 2.24. The first-order valence-corrected chi connectivity index (χ1v) is 7.37. The van der Waals surface area contributed by atoms with Gasteiger partial charge >= 0.3 is 11.9 Å². The molecule has 0 spiro atoms. The molecule has 0 aliphatic rings. The van der Waals surface area contributed by atoms with Crippen molar-refractivity contribution in [3.63, 3.8) is 0 Å². The molecule has 0 amide bonds. The van der Waals surface area contributed by atoms with E-state index in [4.69, 9.17) is 4.74 Å². The molecule has 0 saturated carbocycles. The molecule has 1 aromatic carbocycles. The Morgan fingerprint density at radius 3 is 2.58 bits per heavy atom. The molecular formula is C18H17NO5. The number of aldehydes is 1. The van der Waals surface area contributed by atoms with Gasteiger partial charge in [-0.05, 0) is 30.2 Å². The summed E-state index contributed by atoms with van der Waals surface area (Å²) in [5.74, 6) is -2.76. The van der Waals surface area contributed by atoms with Crippen molar-refractivity contribution in [1.29, 1.82) is 0 Å². The van der Waals surface area contributed by atoms with E-state index < -0.39 is 24.0 Å². The van der Waals surface area contributed by atoms with Crippen LogP contribution in [0.15, 0.2) is 48.8 Å². The van der Waals surface area contributed by atoms with Crippen LogP contribution in [0.1, 0.15) is 33.8 Å². The molecule has 2 atom stereocenters. The lowest BCUT2D eigenvalue weighted by Gasteiger charge is -2.19. The third-order valence-corrected chi connectivity index (χ3v) is 3.64. The molecule has 1 aromatic heterocycles. The van der Waals surface area contributed by atoms with E-state index in [0.717, 1.165) is 11.1 Å². The van der Waals surface area contributed by atoms with Crippen molar-refractivity contribution in [3.8, 4) is 0 Å². The van der Waals surface area contributed by atoms with E-state index in [1.54, 1.807) is 18.2 Å². The molecule has 6 nitrogen and oxygen atoms in total. The van der Waals surface area contributed by atoms with Crippen molar-refractivity contribution < 1.29 is 24.2 Å². The summed E-state index contributed by atoms with van der Waals surface area (Å²) < 4.78 is 5.05. The van der Waals surface area contributed by atoms with Gasteiger partial charge in [0.1, 0.15) is 6.29 Å². The van der Waals surface area contributed by atoms with E-state index in [-0.39, 0.29) is 12.0 Å². The van der Waals surface area contributed by atoms with Gasteiger partial charge in [0.25, 0.3) is 0 Å². The van der Waals surface area contributed by atoms with Gasteiger partial charge in [0.05, 0.1) is 5.56 Å². The summed E-state index contributed by atoms with van der Waals surface area (Å²) in [6.07, 6.45) is 1.91. The first kappa shape index (κ1) is 17.3. The average molecular weight is 327 g/mol. The Morgan fingerprint density at radius 1 is 1.25 bits per heavy atom. The summed E-state index contributed by atoms with van der Waals surface area (Å²) in [6, 6.07) is 10.2. The molecule has 0 aliphatic heterocycles. The smallest absolute Gasteiger partial charge is 0.345 e. The molecule has 0 aliphatic carbocycles. The summed E-state index contributed by atoms with van der Waals surface area (Å²) in [5.41, 5.74) is 1.75. The highest BCUT2D eigenvalue weighted by atomic mass is 16.6. The van der Waals surface area contributed by atoms with E-state index in [9.17, 15) is 19.5 Å². The first-order valence-electron chi connectivity index (χ1n) is 7.37. The molecule has 24 heavy (non-hydrogen) atoms. The number of esters is 1. The molecule has 0 bridgehead atoms. The van der Waals surface area contributed by atoms with E-state index in [2.05, 4.69) is 4.98 Å². The highest BCUT2D eigenvalue weighted by Gasteiger charge is 2.28. The summed E-state index contributed by atoms with van der Waals surface area (Å²) in [6.45, 7) is 1.84. The summed E-state index contributed by atoms with van der Waals surface area (Å²) in [7, 11) is 0. The number of ether oxygens (including phenoxy) is 1. The number of aromatic nitrogens is 1. The Bertz CT molecular complexity index is 729. The lowest BCUT2D eigenvalue weighted by molar-refractivity contribution is -0.147. The molecule has 0 radical (unpaired) electrons. The van der Waals surface area contributed by atoms with Crippen LogP contribution in [-0.2, 0) is 14.3 Å².